The summed E-state index contributed by atoms with van der Waals surface area (Å²) >= 11 is 0. The van der Waals surface area contributed by atoms with Crippen LogP contribution in [0.2, 0.25) is 0 Å². The third-order valence-electron chi connectivity index (χ3n) is 12.5. The Balaban J connectivity index is 1.03. The molecular formula is C58H35FN6O. The van der Waals surface area contributed by atoms with Crippen molar-refractivity contribution in [3.8, 4) is 68.1 Å². The summed E-state index contributed by atoms with van der Waals surface area (Å²) in [5.74, 6) is 1.66. The van der Waals surface area contributed by atoms with Gasteiger partial charge in [-0.15, -0.1) is 0 Å². The molecule has 0 saturated heterocycles. The second-order valence-electron chi connectivity index (χ2n) is 16.4. The Labute approximate surface area is 377 Å². The highest BCUT2D eigenvalue weighted by atomic mass is 19.1. The third-order valence-corrected chi connectivity index (χ3v) is 12.5. The molecule has 310 valence electrons. The summed E-state index contributed by atoms with van der Waals surface area (Å²) in [6.45, 7) is 0. The lowest BCUT2D eigenvalue weighted by Crippen LogP contribution is -2.07. The van der Waals surface area contributed by atoms with Gasteiger partial charge in [0.05, 0.1) is 22.1 Å². The molecule has 8 heteroatoms. The summed E-state index contributed by atoms with van der Waals surface area (Å²) < 4.78 is 25.3. The molecule has 0 spiro atoms. The van der Waals surface area contributed by atoms with Crippen LogP contribution < -0.4 is 0 Å². The average Bonchev–Trinajstić information content (AvgIpc) is 4.08. The number of hydrogen-bond donors (Lipinski definition) is 0. The molecule has 0 unspecified atom stereocenters. The van der Waals surface area contributed by atoms with Gasteiger partial charge in [-0.2, -0.15) is 9.97 Å². The normalized spacial score (nSPS) is 11.7. The van der Waals surface area contributed by atoms with Crippen molar-refractivity contribution >= 4 is 54.7 Å². The lowest BCUT2D eigenvalue weighted by molar-refractivity contribution is 0.621. The number of hydrogen-bond acceptors (Lipinski definition) is 5. The predicted molar refractivity (Wildman–Crippen MR) is 263 cm³/mol. The highest BCUT2D eigenvalue weighted by Gasteiger charge is 2.24. The van der Waals surface area contributed by atoms with Gasteiger partial charge in [-0.05, 0) is 83.4 Å². The molecule has 13 aromatic rings. The van der Waals surface area contributed by atoms with Gasteiger partial charge in [0.25, 0.3) is 0 Å². The first-order valence-corrected chi connectivity index (χ1v) is 21.8. The Morgan fingerprint density at radius 2 is 0.879 bits per heavy atom. The monoisotopic (exact) mass is 850 g/mol. The number of halogens is 1. The van der Waals surface area contributed by atoms with Crippen LogP contribution in [0, 0.1) is 5.82 Å². The molecule has 0 atom stereocenters. The van der Waals surface area contributed by atoms with Gasteiger partial charge < -0.3 is 8.98 Å². The molecule has 0 aliphatic carbocycles. The number of aromatic nitrogens is 6. The third kappa shape index (κ3) is 6.11. The van der Waals surface area contributed by atoms with Gasteiger partial charge in [-0.3, -0.25) is 4.57 Å². The standard InChI is InChI=1S/C58H35FN6O/c59-42-30-26-40(27-31-42)56-61-55(39-24-22-37(23-25-39)36-12-3-1-4-13-36)62-58(63-56)65-51-21-10-8-17-46(51)48-35-34-47-45-16-7-9-20-50(45)64(52(47)53(48)65)43-32-28-38(29-33-43)44-18-11-19-49-54(44)66-57(60-49)41-14-5-2-6-15-41/h1-35H. The van der Waals surface area contributed by atoms with E-state index in [2.05, 4.69) is 118 Å². The number of para-hydroxylation sites is 3. The molecule has 0 aliphatic heterocycles. The molecule has 0 N–H and O–H groups in total. The van der Waals surface area contributed by atoms with Crippen molar-refractivity contribution < 1.29 is 8.81 Å². The lowest BCUT2D eigenvalue weighted by Gasteiger charge is -2.14. The Hall–Kier alpha value is -9.01. The van der Waals surface area contributed by atoms with Gasteiger partial charge in [0, 0.05) is 49.5 Å². The van der Waals surface area contributed by atoms with Crippen molar-refractivity contribution in [1.82, 2.24) is 29.1 Å². The van der Waals surface area contributed by atoms with Crippen LogP contribution in [0.5, 0.6) is 0 Å². The highest BCUT2D eigenvalue weighted by molar-refractivity contribution is 6.23. The van der Waals surface area contributed by atoms with E-state index in [9.17, 15) is 4.39 Å². The summed E-state index contributed by atoms with van der Waals surface area (Å²) in [7, 11) is 0. The summed E-state index contributed by atoms with van der Waals surface area (Å²) in [5.41, 5.74) is 13.2. The molecule has 4 aromatic heterocycles. The second kappa shape index (κ2) is 15.1. The Kier molecular flexibility index (Phi) is 8.57. The Morgan fingerprint density at radius 3 is 1.53 bits per heavy atom. The van der Waals surface area contributed by atoms with E-state index in [0.29, 0.717) is 29.1 Å². The molecule has 13 rings (SSSR count). The smallest absolute Gasteiger partial charge is 0.238 e. The summed E-state index contributed by atoms with van der Waals surface area (Å²) in [6.07, 6.45) is 0. The van der Waals surface area contributed by atoms with E-state index in [1.165, 1.54) is 12.1 Å². The van der Waals surface area contributed by atoms with Crippen LogP contribution in [0.3, 0.4) is 0 Å². The minimum absolute atomic E-state index is 0.331. The van der Waals surface area contributed by atoms with Gasteiger partial charge in [0.1, 0.15) is 11.3 Å². The van der Waals surface area contributed by atoms with Crippen LogP contribution in [-0.4, -0.2) is 29.1 Å². The number of benzene rings is 9. The van der Waals surface area contributed by atoms with Crippen LogP contribution in [0.15, 0.2) is 217 Å². The van der Waals surface area contributed by atoms with E-state index in [1.807, 2.05) is 78.9 Å². The number of nitrogens with zero attached hydrogens (tertiary/aromatic N) is 6. The fourth-order valence-electron chi connectivity index (χ4n) is 9.41. The van der Waals surface area contributed by atoms with E-state index < -0.39 is 0 Å². The SMILES string of the molecule is Fc1ccc(-c2nc(-c3ccc(-c4ccccc4)cc3)nc(-n3c4ccccc4c4ccc5c6ccccc6n(-c6ccc(-c7cccc8nc(-c9ccccc9)oc78)cc6)c5c43)n2)cc1. The minimum atomic E-state index is -0.331. The van der Waals surface area contributed by atoms with Crippen LogP contribution in [0.25, 0.3) is 123 Å². The number of oxazole rings is 1. The first-order valence-electron chi connectivity index (χ1n) is 21.8. The van der Waals surface area contributed by atoms with Gasteiger partial charge in [0.2, 0.25) is 11.8 Å². The van der Waals surface area contributed by atoms with Crippen LogP contribution in [0.4, 0.5) is 4.39 Å². The molecular weight excluding hydrogens is 816 g/mol. The molecule has 0 saturated carbocycles. The van der Waals surface area contributed by atoms with Crippen molar-refractivity contribution in [3.63, 3.8) is 0 Å². The molecule has 0 bridgehead atoms. The number of rotatable bonds is 7. The fourth-order valence-corrected chi connectivity index (χ4v) is 9.41. The van der Waals surface area contributed by atoms with E-state index in [1.54, 1.807) is 12.1 Å². The second-order valence-corrected chi connectivity index (χ2v) is 16.4. The maximum Gasteiger partial charge on any atom is 0.238 e. The van der Waals surface area contributed by atoms with Gasteiger partial charge in [-0.25, -0.2) is 14.4 Å². The molecule has 0 radical (unpaired) electrons. The first-order chi connectivity index (χ1) is 32.6. The zero-order chi connectivity index (χ0) is 43.7. The fraction of sp³-hybridized carbons (Fsp3) is 0. The van der Waals surface area contributed by atoms with E-state index in [4.69, 9.17) is 24.4 Å². The zero-order valence-electron chi connectivity index (χ0n) is 35.2. The summed E-state index contributed by atoms with van der Waals surface area (Å²) in [4.78, 5) is 20.4. The maximum atomic E-state index is 14.4. The number of fused-ring (bicyclic) bond motifs is 8. The molecule has 0 aliphatic rings. The highest BCUT2D eigenvalue weighted by Crippen LogP contribution is 2.42. The topological polar surface area (TPSA) is 74.6 Å². The first kappa shape index (κ1) is 37.5. The van der Waals surface area contributed by atoms with Crippen molar-refractivity contribution in [1.29, 1.82) is 0 Å². The molecule has 0 amide bonds. The Bertz CT molecular complexity index is 3970. The summed E-state index contributed by atoms with van der Waals surface area (Å²) in [6, 6.07) is 71.0. The zero-order valence-corrected chi connectivity index (χ0v) is 35.2. The van der Waals surface area contributed by atoms with E-state index in [0.717, 1.165) is 93.8 Å². The minimum Gasteiger partial charge on any atom is -0.435 e. The molecule has 66 heavy (non-hydrogen) atoms. The quantitative estimate of drug-likeness (QED) is 0.160. The van der Waals surface area contributed by atoms with Crippen LogP contribution in [-0.2, 0) is 0 Å². The van der Waals surface area contributed by atoms with E-state index >= 15 is 0 Å². The summed E-state index contributed by atoms with van der Waals surface area (Å²) in [5, 5.41) is 4.34. The van der Waals surface area contributed by atoms with E-state index in [-0.39, 0.29) is 5.82 Å². The largest absolute Gasteiger partial charge is 0.435 e. The van der Waals surface area contributed by atoms with Crippen molar-refractivity contribution in [3.05, 3.63) is 218 Å². The molecule has 4 heterocycles. The van der Waals surface area contributed by atoms with Crippen molar-refractivity contribution in [2.45, 2.75) is 0 Å². The van der Waals surface area contributed by atoms with Crippen LogP contribution in [0.1, 0.15) is 0 Å². The van der Waals surface area contributed by atoms with Crippen LogP contribution >= 0.6 is 0 Å². The average molecular weight is 851 g/mol. The van der Waals surface area contributed by atoms with Gasteiger partial charge in [-0.1, -0.05) is 146 Å². The van der Waals surface area contributed by atoms with Crippen molar-refractivity contribution in [2.75, 3.05) is 0 Å². The maximum absolute atomic E-state index is 14.4. The molecule has 7 nitrogen and oxygen atoms in total. The lowest BCUT2D eigenvalue weighted by atomic mass is 10.0. The van der Waals surface area contributed by atoms with Crippen molar-refractivity contribution in [2.24, 2.45) is 0 Å². The van der Waals surface area contributed by atoms with Gasteiger partial charge in [0.15, 0.2) is 17.2 Å². The Morgan fingerprint density at radius 1 is 0.364 bits per heavy atom. The molecule has 0 fully saturated rings. The molecule has 9 aromatic carbocycles. The van der Waals surface area contributed by atoms with Gasteiger partial charge >= 0.3 is 0 Å². The predicted octanol–water partition coefficient (Wildman–Crippen LogP) is 14.7.